The molecule has 0 radical (unpaired) electrons. The van der Waals surface area contributed by atoms with E-state index < -0.39 is 4.92 Å². The maximum absolute atomic E-state index is 10.9. The average Bonchev–Trinajstić information content (AvgIpc) is 2.47. The molecular weight excluding hydrogens is 268 g/mol. The molecule has 0 aromatic heterocycles. The molecule has 0 aliphatic heterocycles. The van der Waals surface area contributed by atoms with Crippen LogP contribution in [0.15, 0.2) is 42.5 Å². The maximum Gasteiger partial charge on any atom is 0.311 e. The van der Waals surface area contributed by atoms with Gasteiger partial charge in [0, 0.05) is 23.9 Å². The Morgan fingerprint density at radius 3 is 2.43 bits per heavy atom. The molecule has 5 heteroatoms. The number of nitro benzene ring substituents is 1. The van der Waals surface area contributed by atoms with Gasteiger partial charge in [-0.1, -0.05) is 29.8 Å². The van der Waals surface area contributed by atoms with Crippen LogP contribution in [-0.4, -0.2) is 12.0 Å². The Morgan fingerprint density at radius 2 is 1.86 bits per heavy atom. The van der Waals surface area contributed by atoms with E-state index in [-0.39, 0.29) is 17.5 Å². The van der Waals surface area contributed by atoms with E-state index in [1.807, 2.05) is 13.8 Å². The van der Waals surface area contributed by atoms with Crippen molar-refractivity contribution in [3.63, 3.8) is 0 Å². The van der Waals surface area contributed by atoms with Crippen LogP contribution in [0, 0.1) is 17.0 Å². The van der Waals surface area contributed by atoms with Crippen molar-refractivity contribution in [3.8, 4) is 5.75 Å². The third kappa shape index (κ3) is 3.51. The second-order valence-electron chi connectivity index (χ2n) is 4.92. The van der Waals surface area contributed by atoms with Crippen molar-refractivity contribution in [1.29, 1.82) is 0 Å². The molecule has 110 valence electrons. The van der Waals surface area contributed by atoms with Gasteiger partial charge >= 0.3 is 5.69 Å². The number of nitrogens with zero attached hydrogens (tertiary/aromatic N) is 1. The van der Waals surface area contributed by atoms with E-state index in [2.05, 4.69) is 29.6 Å². The van der Waals surface area contributed by atoms with Crippen LogP contribution in [0.5, 0.6) is 5.75 Å². The minimum atomic E-state index is -0.452. The van der Waals surface area contributed by atoms with E-state index in [4.69, 9.17) is 4.74 Å². The van der Waals surface area contributed by atoms with Gasteiger partial charge in [0.15, 0.2) is 5.75 Å². The van der Waals surface area contributed by atoms with E-state index in [0.29, 0.717) is 0 Å². The molecule has 0 fully saturated rings. The summed E-state index contributed by atoms with van der Waals surface area (Å²) < 4.78 is 5.07. The summed E-state index contributed by atoms with van der Waals surface area (Å²) in [4.78, 5) is 10.4. The molecule has 0 saturated carbocycles. The highest BCUT2D eigenvalue weighted by molar-refractivity contribution is 5.58. The summed E-state index contributed by atoms with van der Waals surface area (Å²) in [6, 6.07) is 13.1. The molecule has 0 bridgehead atoms. The van der Waals surface area contributed by atoms with E-state index >= 15 is 0 Å². The fourth-order valence-corrected chi connectivity index (χ4v) is 2.11. The quantitative estimate of drug-likeness (QED) is 0.664. The Bertz CT molecular complexity index is 638. The minimum Gasteiger partial charge on any atom is -0.490 e. The smallest absolute Gasteiger partial charge is 0.311 e. The van der Waals surface area contributed by atoms with Crippen LogP contribution in [0.2, 0.25) is 0 Å². The molecule has 0 heterocycles. The molecule has 0 saturated heterocycles. The maximum atomic E-state index is 10.9. The van der Waals surface area contributed by atoms with Gasteiger partial charge in [0.2, 0.25) is 0 Å². The number of hydrogen-bond acceptors (Lipinski definition) is 4. The van der Waals surface area contributed by atoms with Crippen molar-refractivity contribution in [3.05, 3.63) is 63.7 Å². The summed E-state index contributed by atoms with van der Waals surface area (Å²) >= 11 is 0. The monoisotopic (exact) mass is 286 g/mol. The minimum absolute atomic E-state index is 0.0361. The first-order valence-corrected chi connectivity index (χ1v) is 6.67. The third-order valence-corrected chi connectivity index (χ3v) is 3.34. The molecule has 0 aliphatic carbocycles. The Labute approximate surface area is 123 Å². The predicted molar refractivity (Wildman–Crippen MR) is 82.9 cm³/mol. The molecule has 5 nitrogen and oxygen atoms in total. The van der Waals surface area contributed by atoms with Crippen molar-refractivity contribution in [2.45, 2.75) is 19.9 Å². The lowest BCUT2D eigenvalue weighted by Gasteiger charge is -2.16. The first-order chi connectivity index (χ1) is 10.0. The largest absolute Gasteiger partial charge is 0.490 e. The molecule has 1 N–H and O–H groups in total. The van der Waals surface area contributed by atoms with Gasteiger partial charge in [-0.2, -0.15) is 0 Å². The molecule has 1 unspecified atom stereocenters. The second-order valence-corrected chi connectivity index (χ2v) is 4.92. The lowest BCUT2D eigenvalue weighted by molar-refractivity contribution is -0.385. The zero-order valence-electron chi connectivity index (χ0n) is 12.3. The van der Waals surface area contributed by atoms with Crippen molar-refractivity contribution in [2.75, 3.05) is 12.4 Å². The van der Waals surface area contributed by atoms with Gasteiger partial charge < -0.3 is 10.1 Å². The van der Waals surface area contributed by atoms with Gasteiger partial charge in [-0.05, 0) is 25.5 Å². The Morgan fingerprint density at radius 1 is 1.19 bits per heavy atom. The highest BCUT2D eigenvalue weighted by atomic mass is 16.6. The summed E-state index contributed by atoms with van der Waals surface area (Å²) in [6.45, 7) is 4.08. The van der Waals surface area contributed by atoms with E-state index in [9.17, 15) is 10.1 Å². The SMILES string of the molecule is COc1cc(NC(C)c2ccc(C)cc2)ccc1[N+](=O)[O-]. The number of hydrogen-bond donors (Lipinski definition) is 1. The molecule has 2 aromatic carbocycles. The van der Waals surface area contributed by atoms with Crippen LogP contribution < -0.4 is 10.1 Å². The number of methoxy groups -OCH3 is 1. The molecule has 0 spiro atoms. The average molecular weight is 286 g/mol. The highest BCUT2D eigenvalue weighted by Gasteiger charge is 2.15. The summed E-state index contributed by atoms with van der Waals surface area (Å²) in [6.07, 6.45) is 0. The zero-order valence-corrected chi connectivity index (χ0v) is 12.3. The van der Waals surface area contributed by atoms with E-state index in [1.54, 1.807) is 12.1 Å². The van der Waals surface area contributed by atoms with Crippen LogP contribution in [0.3, 0.4) is 0 Å². The lowest BCUT2D eigenvalue weighted by Crippen LogP contribution is -2.07. The molecule has 21 heavy (non-hydrogen) atoms. The standard InChI is InChI=1S/C16H18N2O3/c1-11-4-6-13(7-5-11)12(2)17-14-8-9-15(18(19)20)16(10-14)21-3/h4-10,12,17H,1-3H3. The van der Waals surface area contributed by atoms with Gasteiger partial charge in [-0.3, -0.25) is 10.1 Å². The fraction of sp³-hybridized carbons (Fsp3) is 0.250. The first kappa shape index (κ1) is 14.8. The van der Waals surface area contributed by atoms with Crippen LogP contribution in [0.4, 0.5) is 11.4 Å². The zero-order chi connectivity index (χ0) is 15.4. The van der Waals surface area contributed by atoms with Crippen LogP contribution in [0.1, 0.15) is 24.1 Å². The number of aryl methyl sites for hydroxylation is 1. The molecule has 2 rings (SSSR count). The number of ether oxygens (including phenoxy) is 1. The highest BCUT2D eigenvalue weighted by Crippen LogP contribution is 2.31. The van der Waals surface area contributed by atoms with Gasteiger partial charge in [-0.15, -0.1) is 0 Å². The number of anilines is 1. The summed E-state index contributed by atoms with van der Waals surface area (Å²) in [5, 5.41) is 14.2. The number of benzene rings is 2. The van der Waals surface area contributed by atoms with Crippen LogP contribution in [-0.2, 0) is 0 Å². The van der Waals surface area contributed by atoms with Gasteiger partial charge in [0.05, 0.1) is 12.0 Å². The molecule has 1 atom stereocenters. The van der Waals surface area contributed by atoms with Gasteiger partial charge in [0.25, 0.3) is 0 Å². The molecule has 0 aliphatic rings. The Hall–Kier alpha value is -2.56. The van der Waals surface area contributed by atoms with E-state index in [0.717, 1.165) is 11.3 Å². The molecule has 0 amide bonds. The fourth-order valence-electron chi connectivity index (χ4n) is 2.11. The van der Waals surface area contributed by atoms with Gasteiger partial charge in [-0.25, -0.2) is 0 Å². The van der Waals surface area contributed by atoms with Crippen LogP contribution in [0.25, 0.3) is 0 Å². The summed E-state index contributed by atoms with van der Waals surface area (Å²) in [7, 11) is 1.43. The van der Waals surface area contributed by atoms with E-state index in [1.165, 1.54) is 18.7 Å². The Kier molecular flexibility index (Phi) is 4.42. The number of rotatable bonds is 5. The van der Waals surface area contributed by atoms with Gasteiger partial charge in [0.1, 0.15) is 0 Å². The molecule has 2 aromatic rings. The van der Waals surface area contributed by atoms with Crippen molar-refractivity contribution < 1.29 is 9.66 Å². The summed E-state index contributed by atoms with van der Waals surface area (Å²) in [5.74, 6) is 0.251. The number of nitrogens with one attached hydrogen (secondary N) is 1. The summed E-state index contributed by atoms with van der Waals surface area (Å²) in [5.41, 5.74) is 3.11. The normalized spacial score (nSPS) is 11.8. The number of nitro groups is 1. The molecular formula is C16H18N2O3. The topological polar surface area (TPSA) is 64.4 Å². The lowest BCUT2D eigenvalue weighted by atomic mass is 10.1. The second kappa shape index (κ2) is 6.26. The van der Waals surface area contributed by atoms with Crippen molar-refractivity contribution in [1.82, 2.24) is 0 Å². The Balaban J connectivity index is 2.19. The first-order valence-electron chi connectivity index (χ1n) is 6.67. The predicted octanol–water partition coefficient (Wildman–Crippen LogP) is 4.08. The van der Waals surface area contributed by atoms with Crippen molar-refractivity contribution in [2.24, 2.45) is 0 Å². The van der Waals surface area contributed by atoms with Crippen LogP contribution >= 0.6 is 0 Å². The van der Waals surface area contributed by atoms with Crippen molar-refractivity contribution >= 4 is 11.4 Å². The third-order valence-electron chi connectivity index (χ3n) is 3.34.